The first kappa shape index (κ1) is 13.8. The van der Waals surface area contributed by atoms with Crippen LogP contribution in [0.25, 0.3) is 11.4 Å². The molecule has 0 radical (unpaired) electrons. The first-order chi connectivity index (χ1) is 11.3. The SMILES string of the molecule is O=C(c1ccco1)N1CCC[C@H]1c1nc(-c2ccccc2)n[nH]1. The van der Waals surface area contributed by atoms with Gasteiger partial charge in [-0.1, -0.05) is 30.3 Å². The summed E-state index contributed by atoms with van der Waals surface area (Å²) in [5.74, 6) is 1.63. The normalized spacial score (nSPS) is 17.6. The largest absolute Gasteiger partial charge is 0.459 e. The standard InChI is InChI=1S/C17H16N4O2/c22-17(14-9-5-11-23-14)21-10-4-8-13(21)16-18-15(19-20-16)12-6-2-1-3-7-12/h1-3,5-7,9,11,13H,4,8,10H2,(H,18,19,20)/t13-/m0/s1. The average molecular weight is 308 g/mol. The summed E-state index contributed by atoms with van der Waals surface area (Å²) < 4.78 is 5.23. The molecule has 23 heavy (non-hydrogen) atoms. The highest BCUT2D eigenvalue weighted by Crippen LogP contribution is 2.32. The maximum Gasteiger partial charge on any atom is 0.290 e. The lowest BCUT2D eigenvalue weighted by Gasteiger charge is -2.21. The minimum absolute atomic E-state index is 0.0856. The van der Waals surface area contributed by atoms with Gasteiger partial charge in [0.1, 0.15) is 5.82 Å². The topological polar surface area (TPSA) is 75.0 Å². The highest BCUT2D eigenvalue weighted by molar-refractivity contribution is 5.91. The number of hydrogen-bond acceptors (Lipinski definition) is 4. The van der Waals surface area contributed by atoms with Gasteiger partial charge >= 0.3 is 0 Å². The molecule has 1 atom stereocenters. The molecule has 2 aromatic heterocycles. The molecule has 1 saturated heterocycles. The Kier molecular flexibility index (Phi) is 3.42. The summed E-state index contributed by atoms with van der Waals surface area (Å²) in [7, 11) is 0. The fraction of sp³-hybridized carbons (Fsp3) is 0.235. The summed E-state index contributed by atoms with van der Waals surface area (Å²) >= 11 is 0. The summed E-state index contributed by atoms with van der Waals surface area (Å²) in [5.41, 5.74) is 0.955. The first-order valence-electron chi connectivity index (χ1n) is 7.65. The Bertz CT molecular complexity index is 795. The zero-order valence-corrected chi connectivity index (χ0v) is 12.5. The lowest BCUT2D eigenvalue weighted by atomic mass is 10.2. The number of aromatic nitrogens is 3. The number of rotatable bonds is 3. The Morgan fingerprint density at radius 1 is 1.22 bits per heavy atom. The van der Waals surface area contributed by atoms with E-state index in [1.165, 1.54) is 6.26 Å². The number of H-pyrrole nitrogens is 1. The van der Waals surface area contributed by atoms with E-state index in [-0.39, 0.29) is 11.9 Å². The van der Waals surface area contributed by atoms with Gasteiger partial charge in [-0.25, -0.2) is 4.98 Å². The van der Waals surface area contributed by atoms with Crippen molar-refractivity contribution in [2.75, 3.05) is 6.54 Å². The molecule has 3 heterocycles. The predicted molar refractivity (Wildman–Crippen MR) is 83.5 cm³/mol. The van der Waals surface area contributed by atoms with E-state index in [2.05, 4.69) is 15.2 Å². The van der Waals surface area contributed by atoms with Crippen LogP contribution in [0.3, 0.4) is 0 Å². The third-order valence-electron chi connectivity index (χ3n) is 4.10. The van der Waals surface area contributed by atoms with E-state index in [0.717, 1.165) is 24.2 Å². The number of nitrogens with one attached hydrogen (secondary N) is 1. The quantitative estimate of drug-likeness (QED) is 0.807. The molecule has 4 rings (SSSR count). The fourth-order valence-electron chi connectivity index (χ4n) is 2.98. The molecule has 1 aliphatic heterocycles. The van der Waals surface area contributed by atoms with Crippen LogP contribution in [0.4, 0.5) is 0 Å². The molecule has 0 spiro atoms. The van der Waals surface area contributed by atoms with Crippen molar-refractivity contribution in [3.63, 3.8) is 0 Å². The number of nitrogens with zero attached hydrogens (tertiary/aromatic N) is 3. The zero-order chi connectivity index (χ0) is 15.6. The lowest BCUT2D eigenvalue weighted by Crippen LogP contribution is -2.30. The number of hydrogen-bond donors (Lipinski definition) is 1. The first-order valence-corrected chi connectivity index (χ1v) is 7.65. The molecule has 0 bridgehead atoms. The van der Waals surface area contributed by atoms with Crippen molar-refractivity contribution >= 4 is 5.91 Å². The second-order valence-corrected chi connectivity index (χ2v) is 5.54. The minimum Gasteiger partial charge on any atom is -0.459 e. The van der Waals surface area contributed by atoms with Crippen molar-refractivity contribution in [3.8, 4) is 11.4 Å². The molecule has 6 nitrogen and oxygen atoms in total. The van der Waals surface area contributed by atoms with Crippen LogP contribution in [-0.4, -0.2) is 32.5 Å². The highest BCUT2D eigenvalue weighted by Gasteiger charge is 2.34. The molecule has 0 aliphatic carbocycles. The van der Waals surface area contributed by atoms with Gasteiger partial charge in [-0.15, -0.1) is 0 Å². The van der Waals surface area contributed by atoms with Gasteiger partial charge < -0.3 is 9.32 Å². The van der Waals surface area contributed by atoms with Crippen molar-refractivity contribution in [1.82, 2.24) is 20.1 Å². The number of carbonyl (C=O) groups excluding carboxylic acids is 1. The van der Waals surface area contributed by atoms with Gasteiger partial charge in [0.25, 0.3) is 5.91 Å². The molecule has 1 fully saturated rings. The molecule has 0 unspecified atom stereocenters. The number of likely N-dealkylation sites (tertiary alicyclic amines) is 1. The Balaban J connectivity index is 1.60. The molecule has 1 aromatic carbocycles. The highest BCUT2D eigenvalue weighted by atomic mass is 16.3. The van der Waals surface area contributed by atoms with Crippen molar-refractivity contribution in [2.24, 2.45) is 0 Å². The summed E-state index contributed by atoms with van der Waals surface area (Å²) in [4.78, 5) is 18.9. The third-order valence-corrected chi connectivity index (χ3v) is 4.10. The third kappa shape index (κ3) is 2.52. The summed E-state index contributed by atoms with van der Waals surface area (Å²) in [5, 5.41) is 7.28. The number of carbonyl (C=O) groups is 1. The monoisotopic (exact) mass is 308 g/mol. The van der Waals surface area contributed by atoms with E-state index >= 15 is 0 Å². The van der Waals surface area contributed by atoms with Crippen LogP contribution in [0.1, 0.15) is 35.3 Å². The fourth-order valence-corrected chi connectivity index (χ4v) is 2.98. The van der Waals surface area contributed by atoms with E-state index in [1.807, 2.05) is 30.3 Å². The molecule has 1 aliphatic rings. The number of aromatic amines is 1. The molecular formula is C17H16N4O2. The van der Waals surface area contributed by atoms with E-state index < -0.39 is 0 Å². The van der Waals surface area contributed by atoms with Crippen LogP contribution >= 0.6 is 0 Å². The minimum atomic E-state index is -0.102. The Hall–Kier alpha value is -2.89. The Morgan fingerprint density at radius 2 is 2.09 bits per heavy atom. The van der Waals surface area contributed by atoms with Crippen molar-refractivity contribution in [3.05, 3.63) is 60.3 Å². The van der Waals surface area contributed by atoms with Gasteiger partial charge in [0, 0.05) is 12.1 Å². The Morgan fingerprint density at radius 3 is 2.87 bits per heavy atom. The van der Waals surface area contributed by atoms with Gasteiger partial charge in [-0.05, 0) is 25.0 Å². The van der Waals surface area contributed by atoms with Crippen LogP contribution < -0.4 is 0 Å². The summed E-state index contributed by atoms with van der Waals surface area (Å²) in [6.45, 7) is 0.700. The van der Waals surface area contributed by atoms with E-state index in [9.17, 15) is 4.79 Å². The maximum atomic E-state index is 12.5. The smallest absolute Gasteiger partial charge is 0.290 e. The number of benzene rings is 1. The van der Waals surface area contributed by atoms with Gasteiger partial charge in [0.2, 0.25) is 0 Å². The van der Waals surface area contributed by atoms with Crippen molar-refractivity contribution < 1.29 is 9.21 Å². The predicted octanol–water partition coefficient (Wildman–Crippen LogP) is 3.04. The van der Waals surface area contributed by atoms with Crippen LogP contribution in [0, 0.1) is 0 Å². The van der Waals surface area contributed by atoms with E-state index in [4.69, 9.17) is 4.42 Å². The molecule has 0 saturated carbocycles. The van der Waals surface area contributed by atoms with Gasteiger partial charge in [-0.2, -0.15) is 5.10 Å². The molecular weight excluding hydrogens is 292 g/mol. The van der Waals surface area contributed by atoms with E-state index in [0.29, 0.717) is 18.1 Å². The second kappa shape index (κ2) is 5.72. The van der Waals surface area contributed by atoms with Gasteiger partial charge in [-0.3, -0.25) is 9.89 Å². The van der Waals surface area contributed by atoms with Crippen molar-refractivity contribution in [2.45, 2.75) is 18.9 Å². The molecule has 1 amide bonds. The number of amides is 1. The summed E-state index contributed by atoms with van der Waals surface area (Å²) in [6, 6.07) is 13.1. The lowest BCUT2D eigenvalue weighted by molar-refractivity contribution is 0.0697. The van der Waals surface area contributed by atoms with Crippen LogP contribution in [0.5, 0.6) is 0 Å². The zero-order valence-electron chi connectivity index (χ0n) is 12.5. The number of furan rings is 1. The van der Waals surface area contributed by atoms with Crippen LogP contribution in [0.2, 0.25) is 0 Å². The van der Waals surface area contributed by atoms with Crippen LogP contribution in [0.15, 0.2) is 53.1 Å². The van der Waals surface area contributed by atoms with Gasteiger partial charge in [0.15, 0.2) is 11.6 Å². The van der Waals surface area contributed by atoms with Gasteiger partial charge in [0.05, 0.1) is 12.3 Å². The van der Waals surface area contributed by atoms with Crippen LogP contribution in [-0.2, 0) is 0 Å². The molecule has 1 N–H and O–H groups in total. The molecule has 116 valence electrons. The Labute approximate surface area is 133 Å². The maximum absolute atomic E-state index is 12.5. The molecule has 6 heteroatoms. The summed E-state index contributed by atoms with van der Waals surface area (Å²) in [6.07, 6.45) is 3.33. The average Bonchev–Trinajstić information content (AvgIpc) is 3.35. The van der Waals surface area contributed by atoms with Crippen molar-refractivity contribution in [1.29, 1.82) is 0 Å². The van der Waals surface area contributed by atoms with E-state index in [1.54, 1.807) is 17.0 Å². The second-order valence-electron chi connectivity index (χ2n) is 5.54. The molecule has 3 aromatic rings.